The van der Waals surface area contributed by atoms with Gasteiger partial charge in [-0.15, -0.1) is 0 Å². The molecule has 0 spiro atoms. The molecule has 0 fully saturated rings. The van der Waals surface area contributed by atoms with E-state index in [4.69, 9.17) is 0 Å². The van der Waals surface area contributed by atoms with Crippen LogP contribution in [0, 0.1) is 13.8 Å². The molecule has 18 heavy (non-hydrogen) atoms. The van der Waals surface area contributed by atoms with E-state index < -0.39 is 0 Å². The standard InChI is InChI=1S/C16H27NS/c1-12-7-8-14(9-13(12)2)10-15(17-6)11-18-16(3,4)5/h7-9,15,17H,10-11H2,1-6H3. The molecule has 102 valence electrons. The molecule has 1 unspecified atom stereocenters. The second kappa shape index (κ2) is 6.63. The molecule has 1 aromatic rings. The van der Waals surface area contributed by atoms with Gasteiger partial charge in [-0.1, -0.05) is 39.0 Å². The summed E-state index contributed by atoms with van der Waals surface area (Å²) in [5.41, 5.74) is 4.21. The summed E-state index contributed by atoms with van der Waals surface area (Å²) in [6.45, 7) is 11.2. The molecule has 0 radical (unpaired) electrons. The Morgan fingerprint density at radius 2 is 1.83 bits per heavy atom. The van der Waals surface area contributed by atoms with E-state index in [1.165, 1.54) is 16.7 Å². The van der Waals surface area contributed by atoms with Crippen LogP contribution in [0.1, 0.15) is 37.5 Å². The highest BCUT2D eigenvalue weighted by Crippen LogP contribution is 2.24. The van der Waals surface area contributed by atoms with Crippen molar-refractivity contribution in [1.82, 2.24) is 5.32 Å². The Morgan fingerprint density at radius 3 is 2.33 bits per heavy atom. The van der Waals surface area contributed by atoms with E-state index in [2.05, 4.69) is 65.2 Å². The normalized spacial score (nSPS) is 13.7. The molecule has 0 aliphatic rings. The lowest BCUT2D eigenvalue weighted by Gasteiger charge is -2.23. The molecule has 0 aromatic heterocycles. The molecule has 1 nitrogen and oxygen atoms in total. The first-order valence-electron chi connectivity index (χ1n) is 6.69. The van der Waals surface area contributed by atoms with Crippen molar-refractivity contribution in [2.75, 3.05) is 12.8 Å². The van der Waals surface area contributed by atoms with Crippen LogP contribution in [0.5, 0.6) is 0 Å². The van der Waals surface area contributed by atoms with Crippen LogP contribution in [-0.4, -0.2) is 23.6 Å². The number of nitrogens with one attached hydrogen (secondary N) is 1. The average Bonchev–Trinajstić information content (AvgIpc) is 2.28. The number of likely N-dealkylation sites (N-methyl/N-ethyl adjacent to an activating group) is 1. The van der Waals surface area contributed by atoms with Gasteiger partial charge in [0.2, 0.25) is 0 Å². The molecule has 1 rings (SSSR count). The topological polar surface area (TPSA) is 12.0 Å². The number of hydrogen-bond acceptors (Lipinski definition) is 2. The van der Waals surface area contributed by atoms with Crippen LogP contribution >= 0.6 is 11.8 Å². The van der Waals surface area contributed by atoms with E-state index >= 15 is 0 Å². The lowest BCUT2D eigenvalue weighted by Crippen LogP contribution is -2.31. The Balaban J connectivity index is 2.59. The second-order valence-corrected chi connectivity index (χ2v) is 7.88. The van der Waals surface area contributed by atoms with Gasteiger partial charge in [0.15, 0.2) is 0 Å². The summed E-state index contributed by atoms with van der Waals surface area (Å²) in [5.74, 6) is 1.16. The van der Waals surface area contributed by atoms with Gasteiger partial charge in [0.25, 0.3) is 0 Å². The molecule has 0 saturated carbocycles. The van der Waals surface area contributed by atoms with Crippen molar-refractivity contribution in [3.8, 4) is 0 Å². The minimum Gasteiger partial charge on any atom is -0.316 e. The fourth-order valence-electron chi connectivity index (χ4n) is 1.81. The highest BCUT2D eigenvalue weighted by atomic mass is 32.2. The summed E-state index contributed by atoms with van der Waals surface area (Å²) in [5, 5.41) is 3.44. The van der Waals surface area contributed by atoms with Crippen LogP contribution in [0.4, 0.5) is 0 Å². The van der Waals surface area contributed by atoms with Gasteiger partial charge in [-0.25, -0.2) is 0 Å². The summed E-state index contributed by atoms with van der Waals surface area (Å²) in [6.07, 6.45) is 1.11. The minimum absolute atomic E-state index is 0.346. The predicted molar refractivity (Wildman–Crippen MR) is 84.7 cm³/mol. The smallest absolute Gasteiger partial charge is 0.0195 e. The van der Waals surface area contributed by atoms with Crippen LogP contribution in [0.2, 0.25) is 0 Å². The molecular formula is C16H27NS. The van der Waals surface area contributed by atoms with Gasteiger partial charge < -0.3 is 5.32 Å². The van der Waals surface area contributed by atoms with Crippen molar-refractivity contribution in [2.45, 2.75) is 51.8 Å². The predicted octanol–water partition coefficient (Wildman–Crippen LogP) is 3.97. The van der Waals surface area contributed by atoms with Crippen molar-refractivity contribution in [3.63, 3.8) is 0 Å². The van der Waals surface area contributed by atoms with Crippen LogP contribution < -0.4 is 5.32 Å². The lowest BCUT2D eigenvalue weighted by molar-refractivity contribution is 0.613. The highest BCUT2D eigenvalue weighted by molar-refractivity contribution is 8.00. The zero-order chi connectivity index (χ0) is 13.8. The first kappa shape index (κ1) is 15.6. The van der Waals surface area contributed by atoms with Gasteiger partial charge in [0.05, 0.1) is 0 Å². The first-order valence-corrected chi connectivity index (χ1v) is 7.68. The maximum atomic E-state index is 3.44. The van der Waals surface area contributed by atoms with Crippen LogP contribution in [-0.2, 0) is 6.42 Å². The van der Waals surface area contributed by atoms with Crippen molar-refractivity contribution in [2.24, 2.45) is 0 Å². The minimum atomic E-state index is 0.346. The third-order valence-electron chi connectivity index (χ3n) is 3.18. The third-order valence-corrected chi connectivity index (χ3v) is 4.61. The van der Waals surface area contributed by atoms with Crippen LogP contribution in [0.15, 0.2) is 18.2 Å². The maximum absolute atomic E-state index is 3.44. The largest absolute Gasteiger partial charge is 0.316 e. The highest BCUT2D eigenvalue weighted by Gasteiger charge is 2.15. The summed E-state index contributed by atoms with van der Waals surface area (Å²) < 4.78 is 0.346. The molecule has 0 heterocycles. The van der Waals surface area contributed by atoms with Crippen molar-refractivity contribution in [3.05, 3.63) is 34.9 Å². The molecule has 1 atom stereocenters. The van der Waals surface area contributed by atoms with E-state index in [1.807, 2.05) is 11.8 Å². The van der Waals surface area contributed by atoms with Gasteiger partial charge in [-0.2, -0.15) is 11.8 Å². The number of hydrogen-bond donors (Lipinski definition) is 1. The zero-order valence-corrected chi connectivity index (χ0v) is 13.4. The maximum Gasteiger partial charge on any atom is 0.0195 e. The lowest BCUT2D eigenvalue weighted by atomic mass is 10.0. The van der Waals surface area contributed by atoms with E-state index in [0.717, 1.165) is 12.2 Å². The van der Waals surface area contributed by atoms with Gasteiger partial charge >= 0.3 is 0 Å². The van der Waals surface area contributed by atoms with Crippen LogP contribution in [0.3, 0.4) is 0 Å². The number of benzene rings is 1. The van der Waals surface area contributed by atoms with E-state index in [9.17, 15) is 0 Å². The summed E-state index contributed by atoms with van der Waals surface area (Å²) >= 11 is 2.03. The molecule has 0 saturated heterocycles. The molecule has 0 aliphatic carbocycles. The molecule has 2 heteroatoms. The monoisotopic (exact) mass is 265 g/mol. The molecule has 0 bridgehead atoms. The number of aryl methyl sites for hydroxylation is 2. The summed E-state index contributed by atoms with van der Waals surface area (Å²) in [7, 11) is 2.06. The fraction of sp³-hybridized carbons (Fsp3) is 0.625. The first-order chi connectivity index (χ1) is 8.31. The van der Waals surface area contributed by atoms with Gasteiger partial charge in [0.1, 0.15) is 0 Å². The fourth-order valence-corrected chi connectivity index (χ4v) is 2.80. The molecule has 1 aromatic carbocycles. The molecular weight excluding hydrogens is 238 g/mol. The quantitative estimate of drug-likeness (QED) is 0.864. The molecule has 1 N–H and O–H groups in total. The number of thioether (sulfide) groups is 1. The Morgan fingerprint density at radius 1 is 1.17 bits per heavy atom. The van der Waals surface area contributed by atoms with E-state index in [0.29, 0.717) is 10.8 Å². The van der Waals surface area contributed by atoms with Gasteiger partial charge in [-0.05, 0) is 44.0 Å². The van der Waals surface area contributed by atoms with Crippen molar-refractivity contribution < 1.29 is 0 Å². The number of rotatable bonds is 5. The average molecular weight is 265 g/mol. The summed E-state index contributed by atoms with van der Waals surface area (Å²) in [4.78, 5) is 0. The Labute approximate surface area is 117 Å². The van der Waals surface area contributed by atoms with Gasteiger partial charge in [-0.3, -0.25) is 0 Å². The van der Waals surface area contributed by atoms with E-state index in [-0.39, 0.29) is 0 Å². The van der Waals surface area contributed by atoms with Crippen LogP contribution in [0.25, 0.3) is 0 Å². The van der Waals surface area contributed by atoms with Gasteiger partial charge in [0, 0.05) is 16.5 Å². The van der Waals surface area contributed by atoms with Crippen molar-refractivity contribution >= 4 is 11.8 Å². The van der Waals surface area contributed by atoms with Crippen molar-refractivity contribution in [1.29, 1.82) is 0 Å². The zero-order valence-electron chi connectivity index (χ0n) is 12.6. The Hall–Kier alpha value is -0.470. The SMILES string of the molecule is CNC(CSC(C)(C)C)Cc1ccc(C)c(C)c1. The Kier molecular flexibility index (Phi) is 5.74. The molecule has 0 amide bonds. The molecule has 0 aliphatic heterocycles. The second-order valence-electron chi connectivity index (χ2n) is 6.03. The third kappa shape index (κ3) is 5.45. The Bertz CT molecular complexity index is 379. The van der Waals surface area contributed by atoms with E-state index in [1.54, 1.807) is 0 Å². The summed E-state index contributed by atoms with van der Waals surface area (Å²) in [6, 6.07) is 7.36.